The first-order valence-electron chi connectivity index (χ1n) is 12.3. The molecule has 9 nitrogen and oxygen atoms in total. The van der Waals surface area contributed by atoms with Gasteiger partial charge in [0.1, 0.15) is 17.8 Å². The predicted octanol–water partition coefficient (Wildman–Crippen LogP) is 3.34. The molecule has 0 atom stereocenters. The molecule has 4 aromatic rings. The van der Waals surface area contributed by atoms with Gasteiger partial charge >= 0.3 is 5.69 Å². The van der Waals surface area contributed by atoms with Crippen LogP contribution >= 0.6 is 0 Å². The van der Waals surface area contributed by atoms with Crippen LogP contribution in [-0.4, -0.2) is 67.8 Å². The van der Waals surface area contributed by atoms with E-state index in [1.165, 1.54) is 12.8 Å². The maximum absolute atomic E-state index is 12.1. The minimum atomic E-state index is -0.0881. The third kappa shape index (κ3) is 3.78. The van der Waals surface area contributed by atoms with E-state index in [4.69, 9.17) is 4.74 Å². The van der Waals surface area contributed by atoms with E-state index in [9.17, 15) is 4.79 Å². The van der Waals surface area contributed by atoms with Gasteiger partial charge in [0.05, 0.1) is 24.3 Å². The fourth-order valence-electron chi connectivity index (χ4n) is 5.66. The SMILES string of the molecule is CCn1c(-c2ccc3[nH]c4ncnc(NC5CCC(N6CCOCC6)CC5)c4c3c2)c[nH]c1=O. The molecular weight excluding hydrogens is 430 g/mol. The van der Waals surface area contributed by atoms with Crippen LogP contribution in [0.3, 0.4) is 0 Å². The number of aromatic amines is 2. The molecule has 1 saturated heterocycles. The van der Waals surface area contributed by atoms with E-state index < -0.39 is 0 Å². The van der Waals surface area contributed by atoms with Crippen LogP contribution in [0.1, 0.15) is 32.6 Å². The number of H-pyrrole nitrogens is 2. The first-order chi connectivity index (χ1) is 16.7. The zero-order valence-electron chi connectivity index (χ0n) is 19.5. The fourth-order valence-corrected chi connectivity index (χ4v) is 5.66. The van der Waals surface area contributed by atoms with Crippen molar-refractivity contribution in [3.05, 3.63) is 41.2 Å². The van der Waals surface area contributed by atoms with E-state index in [0.29, 0.717) is 18.6 Å². The monoisotopic (exact) mass is 461 g/mol. The van der Waals surface area contributed by atoms with Crippen LogP contribution in [0.4, 0.5) is 5.82 Å². The molecule has 0 unspecified atom stereocenters. The minimum Gasteiger partial charge on any atom is -0.379 e. The summed E-state index contributed by atoms with van der Waals surface area (Å²) in [7, 11) is 0. The van der Waals surface area contributed by atoms with Gasteiger partial charge in [0.25, 0.3) is 0 Å². The van der Waals surface area contributed by atoms with Gasteiger partial charge in [-0.25, -0.2) is 14.8 Å². The molecule has 0 amide bonds. The Morgan fingerprint density at radius 1 is 1.15 bits per heavy atom. The number of benzene rings is 1. The van der Waals surface area contributed by atoms with Crippen molar-refractivity contribution in [1.29, 1.82) is 0 Å². The van der Waals surface area contributed by atoms with Gasteiger partial charge in [0.15, 0.2) is 0 Å². The van der Waals surface area contributed by atoms with E-state index in [2.05, 4.69) is 42.3 Å². The van der Waals surface area contributed by atoms with Gasteiger partial charge in [-0.2, -0.15) is 0 Å². The summed E-state index contributed by atoms with van der Waals surface area (Å²) in [5.74, 6) is 0.880. The van der Waals surface area contributed by atoms with Gasteiger partial charge in [0.2, 0.25) is 0 Å². The highest BCUT2D eigenvalue weighted by atomic mass is 16.5. The Labute approximate surface area is 197 Å². The van der Waals surface area contributed by atoms with Gasteiger partial charge < -0.3 is 20.0 Å². The Balaban J connectivity index is 1.28. The number of hydrogen-bond acceptors (Lipinski definition) is 6. The zero-order chi connectivity index (χ0) is 23.1. The summed E-state index contributed by atoms with van der Waals surface area (Å²) in [6.07, 6.45) is 8.07. The van der Waals surface area contributed by atoms with Gasteiger partial charge in [0, 0.05) is 54.4 Å². The van der Waals surface area contributed by atoms with Gasteiger partial charge in [-0.05, 0) is 44.7 Å². The molecule has 4 heterocycles. The number of morpholine rings is 1. The largest absolute Gasteiger partial charge is 0.379 e. The molecular formula is C25H31N7O2. The molecule has 9 heteroatoms. The maximum Gasteiger partial charge on any atom is 0.325 e. The number of rotatable bonds is 5. The minimum absolute atomic E-state index is 0.0881. The van der Waals surface area contributed by atoms with Crippen molar-refractivity contribution < 1.29 is 4.74 Å². The lowest BCUT2D eigenvalue weighted by Crippen LogP contribution is -2.46. The highest BCUT2D eigenvalue weighted by Crippen LogP contribution is 2.34. The number of nitrogens with one attached hydrogen (secondary N) is 3. The molecule has 1 aromatic carbocycles. The molecule has 34 heavy (non-hydrogen) atoms. The van der Waals surface area contributed by atoms with Crippen molar-refractivity contribution in [2.45, 2.75) is 51.2 Å². The lowest BCUT2D eigenvalue weighted by Gasteiger charge is -2.39. The van der Waals surface area contributed by atoms with Gasteiger partial charge in [-0.1, -0.05) is 6.07 Å². The molecule has 1 saturated carbocycles. The Morgan fingerprint density at radius 2 is 1.97 bits per heavy atom. The third-order valence-corrected chi connectivity index (χ3v) is 7.47. The second-order valence-electron chi connectivity index (χ2n) is 9.35. The van der Waals surface area contributed by atoms with Crippen LogP contribution < -0.4 is 11.0 Å². The highest BCUT2D eigenvalue weighted by molar-refractivity contribution is 6.12. The van der Waals surface area contributed by atoms with Gasteiger partial charge in [-0.3, -0.25) is 9.47 Å². The van der Waals surface area contributed by atoms with E-state index in [1.807, 2.05) is 13.0 Å². The van der Waals surface area contributed by atoms with Crippen LogP contribution in [0.25, 0.3) is 33.2 Å². The molecule has 2 aliphatic rings. The molecule has 3 aromatic heterocycles. The summed E-state index contributed by atoms with van der Waals surface area (Å²) in [6, 6.07) is 7.30. The Morgan fingerprint density at radius 3 is 2.76 bits per heavy atom. The normalized spacial score (nSPS) is 21.9. The average molecular weight is 462 g/mol. The maximum atomic E-state index is 12.1. The number of fused-ring (bicyclic) bond motifs is 3. The number of aromatic nitrogens is 5. The van der Waals surface area contributed by atoms with Crippen LogP contribution in [0.15, 0.2) is 35.5 Å². The standard InChI is InChI=1S/C25H31N7O2/c1-2-32-21(14-26-25(32)33)16-3-8-20-19(13-16)22-23(27-15-28-24(22)30-20)29-17-4-6-18(7-5-17)31-9-11-34-12-10-31/h3,8,13-15,17-18H,2,4-7,9-12H2,1H3,(H,26,33)(H2,27,28,29,30). The summed E-state index contributed by atoms with van der Waals surface area (Å²) >= 11 is 0. The molecule has 0 spiro atoms. The number of hydrogen-bond donors (Lipinski definition) is 3. The first-order valence-corrected chi connectivity index (χ1v) is 12.3. The highest BCUT2D eigenvalue weighted by Gasteiger charge is 2.27. The molecule has 3 N–H and O–H groups in total. The molecule has 2 fully saturated rings. The molecule has 1 aliphatic heterocycles. The molecule has 6 rings (SSSR count). The van der Waals surface area contributed by atoms with E-state index in [1.54, 1.807) is 17.1 Å². The summed E-state index contributed by atoms with van der Waals surface area (Å²) in [6.45, 7) is 6.42. The van der Waals surface area contributed by atoms with Crippen LogP contribution in [0.5, 0.6) is 0 Å². The van der Waals surface area contributed by atoms with E-state index in [-0.39, 0.29) is 5.69 Å². The predicted molar refractivity (Wildman–Crippen MR) is 133 cm³/mol. The molecule has 0 bridgehead atoms. The second kappa shape index (κ2) is 8.88. The Kier molecular flexibility index (Phi) is 5.58. The van der Waals surface area contributed by atoms with Crippen molar-refractivity contribution >= 4 is 27.8 Å². The Bertz CT molecular complexity index is 1360. The molecule has 178 valence electrons. The van der Waals surface area contributed by atoms with Crippen LogP contribution in [0.2, 0.25) is 0 Å². The average Bonchev–Trinajstić information content (AvgIpc) is 3.45. The van der Waals surface area contributed by atoms with Crippen molar-refractivity contribution in [2.75, 3.05) is 31.6 Å². The molecule has 1 aliphatic carbocycles. The number of ether oxygens (including phenoxy) is 1. The van der Waals surface area contributed by atoms with E-state index >= 15 is 0 Å². The number of anilines is 1. The summed E-state index contributed by atoms with van der Waals surface area (Å²) in [4.78, 5) is 30.1. The van der Waals surface area contributed by atoms with Crippen molar-refractivity contribution in [1.82, 2.24) is 29.4 Å². The quantitative estimate of drug-likeness (QED) is 0.421. The van der Waals surface area contributed by atoms with Crippen molar-refractivity contribution in [2.24, 2.45) is 0 Å². The lowest BCUT2D eigenvalue weighted by atomic mass is 9.90. The van der Waals surface area contributed by atoms with Crippen molar-refractivity contribution in [3.63, 3.8) is 0 Å². The number of imidazole rings is 1. The van der Waals surface area contributed by atoms with Crippen molar-refractivity contribution in [3.8, 4) is 11.3 Å². The van der Waals surface area contributed by atoms with Gasteiger partial charge in [-0.15, -0.1) is 0 Å². The van der Waals surface area contributed by atoms with Crippen LogP contribution in [0, 0.1) is 0 Å². The summed E-state index contributed by atoms with van der Waals surface area (Å²) in [5.41, 5.74) is 3.63. The fraction of sp³-hybridized carbons (Fsp3) is 0.480. The first kappa shape index (κ1) is 21.4. The topological polar surface area (TPSA) is 104 Å². The van der Waals surface area contributed by atoms with E-state index in [0.717, 1.165) is 78.2 Å². The molecule has 0 radical (unpaired) electrons. The summed E-state index contributed by atoms with van der Waals surface area (Å²) < 4.78 is 7.27. The Hall–Kier alpha value is -3.17. The second-order valence-corrected chi connectivity index (χ2v) is 9.35. The zero-order valence-corrected chi connectivity index (χ0v) is 19.5. The number of nitrogens with zero attached hydrogens (tertiary/aromatic N) is 4. The lowest BCUT2D eigenvalue weighted by molar-refractivity contribution is 0.00791. The smallest absolute Gasteiger partial charge is 0.325 e. The third-order valence-electron chi connectivity index (χ3n) is 7.47. The summed E-state index contributed by atoms with van der Waals surface area (Å²) in [5, 5.41) is 5.81. The van der Waals surface area contributed by atoms with Crippen LogP contribution in [-0.2, 0) is 11.3 Å².